The van der Waals surface area contributed by atoms with Gasteiger partial charge in [-0.3, -0.25) is 9.59 Å². The molecular formula is C26H16N2O2S. The molecule has 0 saturated heterocycles. The van der Waals surface area contributed by atoms with Gasteiger partial charge >= 0.3 is 0 Å². The van der Waals surface area contributed by atoms with Gasteiger partial charge in [0.2, 0.25) is 0 Å². The van der Waals surface area contributed by atoms with Crippen molar-refractivity contribution < 1.29 is 9.59 Å². The fraction of sp³-hybridized carbons (Fsp3) is 0.0385. The van der Waals surface area contributed by atoms with Gasteiger partial charge in [0.1, 0.15) is 5.01 Å². The molecule has 4 aromatic carbocycles. The Labute approximate surface area is 182 Å². The van der Waals surface area contributed by atoms with Crippen molar-refractivity contribution in [3.63, 3.8) is 0 Å². The summed E-state index contributed by atoms with van der Waals surface area (Å²) in [6.45, 7) is 2.05. The highest BCUT2D eigenvalue weighted by Crippen LogP contribution is 2.35. The lowest BCUT2D eigenvalue weighted by molar-refractivity contribution is 0.0893. The predicted molar refractivity (Wildman–Crippen MR) is 125 cm³/mol. The zero-order valence-electron chi connectivity index (χ0n) is 16.6. The van der Waals surface area contributed by atoms with Gasteiger partial charge in [-0.25, -0.2) is 9.88 Å². The minimum absolute atomic E-state index is 0.294. The van der Waals surface area contributed by atoms with Crippen LogP contribution in [0.15, 0.2) is 78.9 Å². The van der Waals surface area contributed by atoms with Crippen LogP contribution >= 0.6 is 11.3 Å². The fourth-order valence-electron chi connectivity index (χ4n) is 4.18. The molecule has 0 saturated carbocycles. The summed E-state index contributed by atoms with van der Waals surface area (Å²) in [5.41, 5.74) is 4.79. The average molecular weight is 420 g/mol. The van der Waals surface area contributed by atoms with Crippen molar-refractivity contribution in [2.24, 2.45) is 0 Å². The molecule has 1 aliphatic heterocycles. The van der Waals surface area contributed by atoms with Crippen LogP contribution in [0.2, 0.25) is 0 Å². The van der Waals surface area contributed by atoms with Crippen molar-refractivity contribution in [2.75, 3.05) is 4.90 Å². The number of nitrogens with zero attached hydrogens (tertiary/aromatic N) is 2. The second-order valence-corrected chi connectivity index (χ2v) is 8.72. The van der Waals surface area contributed by atoms with E-state index in [1.807, 2.05) is 48.5 Å². The highest BCUT2D eigenvalue weighted by molar-refractivity contribution is 7.21. The number of amides is 2. The van der Waals surface area contributed by atoms with Crippen molar-refractivity contribution in [3.05, 3.63) is 95.6 Å². The number of hydrogen-bond donors (Lipinski definition) is 0. The standard InChI is InChI=1S/C26H16N2O2S/c1-15-8-13-22-21(14-15)27-24(31-22)17-9-11-18(12-10-17)28-25(29)19-6-2-4-16-5-3-7-20(23(16)19)26(28)30/h2-14H,1H3. The SMILES string of the molecule is Cc1ccc2sc(-c3ccc(N4C(=O)c5cccc6cccc(c56)C4=O)cc3)nc2c1. The summed E-state index contributed by atoms with van der Waals surface area (Å²) in [5.74, 6) is -0.588. The summed E-state index contributed by atoms with van der Waals surface area (Å²) in [6.07, 6.45) is 0. The maximum Gasteiger partial charge on any atom is 0.265 e. The number of fused-ring (bicyclic) bond motifs is 1. The van der Waals surface area contributed by atoms with Gasteiger partial charge in [-0.2, -0.15) is 0 Å². The van der Waals surface area contributed by atoms with Gasteiger partial charge < -0.3 is 0 Å². The number of hydrogen-bond acceptors (Lipinski definition) is 4. The van der Waals surface area contributed by atoms with E-state index >= 15 is 0 Å². The summed E-state index contributed by atoms with van der Waals surface area (Å²) in [6, 6.07) is 24.8. The summed E-state index contributed by atoms with van der Waals surface area (Å²) >= 11 is 1.63. The largest absolute Gasteiger partial charge is 0.268 e. The van der Waals surface area contributed by atoms with Crippen LogP contribution in [0.3, 0.4) is 0 Å². The zero-order chi connectivity index (χ0) is 21.1. The highest BCUT2D eigenvalue weighted by atomic mass is 32.1. The van der Waals surface area contributed by atoms with Crippen LogP contribution < -0.4 is 4.90 Å². The van der Waals surface area contributed by atoms with Crippen LogP contribution in [0.25, 0.3) is 31.6 Å². The summed E-state index contributed by atoms with van der Waals surface area (Å²) in [4.78, 5) is 32.4. The molecule has 0 aliphatic carbocycles. The molecule has 4 nitrogen and oxygen atoms in total. The number of aryl methyl sites for hydroxylation is 1. The molecule has 2 heterocycles. The average Bonchev–Trinajstić information content (AvgIpc) is 3.21. The van der Waals surface area contributed by atoms with Gasteiger partial charge in [0.05, 0.1) is 15.9 Å². The number of carbonyl (C=O) groups excluding carboxylic acids is 2. The van der Waals surface area contributed by atoms with E-state index in [1.165, 1.54) is 10.5 Å². The lowest BCUT2D eigenvalue weighted by atomic mass is 9.94. The quantitative estimate of drug-likeness (QED) is 0.318. The Kier molecular flexibility index (Phi) is 3.82. The number of aromatic nitrogens is 1. The molecule has 148 valence electrons. The third-order valence-corrected chi connectivity index (χ3v) is 6.77. The summed E-state index contributed by atoms with van der Waals surface area (Å²) in [5, 5.41) is 2.55. The van der Waals surface area contributed by atoms with Crippen LogP contribution in [-0.2, 0) is 0 Å². The van der Waals surface area contributed by atoms with E-state index in [4.69, 9.17) is 4.98 Å². The normalized spacial score (nSPS) is 13.4. The Morgan fingerprint density at radius 2 is 1.48 bits per heavy atom. The molecule has 0 fully saturated rings. The van der Waals surface area contributed by atoms with Gasteiger partial charge in [-0.15, -0.1) is 11.3 Å². The number of benzene rings is 4. The first-order valence-corrected chi connectivity index (χ1v) is 10.8. The highest BCUT2D eigenvalue weighted by Gasteiger charge is 2.33. The Bertz CT molecular complexity index is 1480. The van der Waals surface area contributed by atoms with E-state index in [0.29, 0.717) is 16.8 Å². The van der Waals surface area contributed by atoms with Crippen molar-refractivity contribution in [3.8, 4) is 10.6 Å². The lowest BCUT2D eigenvalue weighted by Gasteiger charge is -2.27. The maximum absolute atomic E-state index is 13.2. The van der Waals surface area contributed by atoms with Gasteiger partial charge in [-0.05, 0) is 66.4 Å². The Hall–Kier alpha value is -3.83. The van der Waals surface area contributed by atoms with E-state index in [9.17, 15) is 9.59 Å². The third-order valence-electron chi connectivity index (χ3n) is 5.69. The minimum Gasteiger partial charge on any atom is -0.268 e. The molecule has 0 atom stereocenters. The molecule has 6 rings (SSSR count). The fourth-order valence-corrected chi connectivity index (χ4v) is 5.13. The predicted octanol–water partition coefficient (Wildman–Crippen LogP) is 6.23. The Morgan fingerprint density at radius 3 is 2.16 bits per heavy atom. The van der Waals surface area contributed by atoms with Crippen LogP contribution in [0.4, 0.5) is 5.69 Å². The lowest BCUT2D eigenvalue weighted by Crippen LogP contribution is -2.40. The number of carbonyl (C=O) groups is 2. The van der Waals surface area contributed by atoms with E-state index in [0.717, 1.165) is 31.6 Å². The first-order valence-electron chi connectivity index (χ1n) is 9.98. The van der Waals surface area contributed by atoms with E-state index in [1.54, 1.807) is 23.5 Å². The molecule has 0 unspecified atom stereocenters. The van der Waals surface area contributed by atoms with Crippen LogP contribution in [-0.4, -0.2) is 16.8 Å². The monoisotopic (exact) mass is 420 g/mol. The maximum atomic E-state index is 13.2. The van der Waals surface area contributed by atoms with Gasteiger partial charge in [0, 0.05) is 22.1 Å². The molecule has 1 aliphatic rings. The molecule has 0 radical (unpaired) electrons. The molecular weight excluding hydrogens is 404 g/mol. The number of thiazole rings is 1. The smallest absolute Gasteiger partial charge is 0.265 e. The minimum atomic E-state index is -0.294. The van der Waals surface area contributed by atoms with Crippen molar-refractivity contribution in [1.29, 1.82) is 0 Å². The molecule has 5 heteroatoms. The third kappa shape index (κ3) is 2.71. The first kappa shape index (κ1) is 18.0. The summed E-state index contributed by atoms with van der Waals surface area (Å²) < 4.78 is 1.13. The number of rotatable bonds is 2. The van der Waals surface area contributed by atoms with Crippen LogP contribution in [0.5, 0.6) is 0 Å². The topological polar surface area (TPSA) is 50.3 Å². The van der Waals surface area contributed by atoms with Gasteiger partial charge in [0.25, 0.3) is 11.8 Å². The molecule has 0 N–H and O–H groups in total. The molecule has 1 aromatic heterocycles. The van der Waals surface area contributed by atoms with Gasteiger partial charge in [0.15, 0.2) is 0 Å². The zero-order valence-corrected chi connectivity index (χ0v) is 17.4. The molecule has 0 spiro atoms. The second kappa shape index (κ2) is 6.59. The second-order valence-electron chi connectivity index (χ2n) is 7.69. The van der Waals surface area contributed by atoms with Crippen LogP contribution in [0.1, 0.15) is 26.3 Å². The molecule has 5 aromatic rings. The van der Waals surface area contributed by atoms with E-state index < -0.39 is 0 Å². The number of imide groups is 1. The Balaban J connectivity index is 1.41. The van der Waals surface area contributed by atoms with Crippen molar-refractivity contribution in [2.45, 2.75) is 6.92 Å². The molecule has 31 heavy (non-hydrogen) atoms. The van der Waals surface area contributed by atoms with Crippen LogP contribution in [0, 0.1) is 6.92 Å². The van der Waals surface area contributed by atoms with Crippen molar-refractivity contribution >= 4 is 49.8 Å². The number of anilines is 1. The van der Waals surface area contributed by atoms with Crippen molar-refractivity contribution in [1.82, 2.24) is 4.98 Å². The van der Waals surface area contributed by atoms with E-state index in [-0.39, 0.29) is 11.8 Å². The Morgan fingerprint density at radius 1 is 0.806 bits per heavy atom. The molecule has 2 amide bonds. The first-order chi connectivity index (χ1) is 15.1. The molecule has 0 bridgehead atoms. The summed E-state index contributed by atoms with van der Waals surface area (Å²) in [7, 11) is 0. The van der Waals surface area contributed by atoms with Gasteiger partial charge in [-0.1, -0.05) is 30.3 Å². The van der Waals surface area contributed by atoms with E-state index in [2.05, 4.69) is 25.1 Å².